The standard InChI is InChI=1S/C27H31FN6O2/c1-3-25(26-30-31-32-34(26)22-6-4-5-7-22)33(16-18-8-11-21(28)12-9-18)17-20-14-19-10-13-23(36-2)15-24(19)29-27(20)35/h8-15,22,25H,3-7,16-17H2,1-2H3,(H,29,35)/t25-/m0/s1. The van der Waals surface area contributed by atoms with Crippen LogP contribution in [-0.4, -0.2) is 37.2 Å². The van der Waals surface area contributed by atoms with Gasteiger partial charge in [-0.15, -0.1) is 5.10 Å². The maximum absolute atomic E-state index is 13.6. The van der Waals surface area contributed by atoms with Crippen molar-refractivity contribution in [1.82, 2.24) is 30.1 Å². The molecule has 188 valence electrons. The van der Waals surface area contributed by atoms with Crippen LogP contribution in [0.4, 0.5) is 4.39 Å². The molecule has 0 unspecified atom stereocenters. The molecule has 5 rings (SSSR count). The Labute approximate surface area is 209 Å². The van der Waals surface area contributed by atoms with Gasteiger partial charge < -0.3 is 9.72 Å². The van der Waals surface area contributed by atoms with Crippen molar-refractivity contribution in [3.63, 3.8) is 0 Å². The summed E-state index contributed by atoms with van der Waals surface area (Å²) >= 11 is 0. The second kappa shape index (κ2) is 10.6. The molecule has 36 heavy (non-hydrogen) atoms. The van der Waals surface area contributed by atoms with Crippen LogP contribution in [0, 0.1) is 5.82 Å². The summed E-state index contributed by atoms with van der Waals surface area (Å²) in [6, 6.07) is 14.3. The minimum absolute atomic E-state index is 0.114. The number of rotatable bonds is 9. The zero-order valence-corrected chi connectivity index (χ0v) is 20.7. The number of H-pyrrole nitrogens is 1. The Bertz CT molecular complexity index is 1380. The molecule has 0 spiro atoms. The molecule has 1 N–H and O–H groups in total. The van der Waals surface area contributed by atoms with Crippen LogP contribution in [0.3, 0.4) is 0 Å². The Balaban J connectivity index is 1.52. The van der Waals surface area contributed by atoms with Crippen LogP contribution in [-0.2, 0) is 13.1 Å². The van der Waals surface area contributed by atoms with E-state index in [-0.39, 0.29) is 17.4 Å². The van der Waals surface area contributed by atoms with Gasteiger partial charge in [0.05, 0.1) is 24.7 Å². The Hall–Kier alpha value is -3.59. The summed E-state index contributed by atoms with van der Waals surface area (Å²) < 4.78 is 20.9. The van der Waals surface area contributed by atoms with Crippen molar-refractivity contribution >= 4 is 10.9 Å². The first-order valence-corrected chi connectivity index (χ1v) is 12.5. The van der Waals surface area contributed by atoms with E-state index in [1.165, 1.54) is 25.0 Å². The van der Waals surface area contributed by atoms with E-state index >= 15 is 0 Å². The van der Waals surface area contributed by atoms with Gasteiger partial charge in [-0.25, -0.2) is 9.07 Å². The van der Waals surface area contributed by atoms with E-state index in [0.29, 0.717) is 30.4 Å². The van der Waals surface area contributed by atoms with Gasteiger partial charge >= 0.3 is 0 Å². The molecular formula is C27H31FN6O2. The summed E-state index contributed by atoms with van der Waals surface area (Å²) in [5, 5.41) is 13.7. The van der Waals surface area contributed by atoms with E-state index in [0.717, 1.165) is 41.6 Å². The SMILES string of the molecule is CC[C@@H](c1nnnn1C1CCCC1)N(Cc1ccc(F)cc1)Cc1cc2ccc(OC)cc2[nH]c1=O. The lowest BCUT2D eigenvalue weighted by Crippen LogP contribution is -2.32. The maximum atomic E-state index is 13.6. The fourth-order valence-corrected chi connectivity index (χ4v) is 5.22. The molecule has 0 radical (unpaired) electrons. The average Bonchev–Trinajstić information content (AvgIpc) is 3.58. The number of nitrogens with zero attached hydrogens (tertiary/aromatic N) is 5. The lowest BCUT2D eigenvalue weighted by atomic mass is 10.1. The van der Waals surface area contributed by atoms with Crippen molar-refractivity contribution in [2.45, 2.75) is 64.2 Å². The third kappa shape index (κ3) is 5.02. The number of hydrogen-bond donors (Lipinski definition) is 1. The molecule has 2 heterocycles. The summed E-state index contributed by atoms with van der Waals surface area (Å²) in [6.45, 7) is 3.02. The number of aromatic nitrogens is 5. The minimum atomic E-state index is -0.274. The molecule has 2 aromatic carbocycles. The van der Waals surface area contributed by atoms with E-state index in [1.807, 2.05) is 28.9 Å². The number of methoxy groups -OCH3 is 1. The van der Waals surface area contributed by atoms with Gasteiger partial charge in [-0.3, -0.25) is 9.69 Å². The number of aromatic amines is 1. The van der Waals surface area contributed by atoms with Crippen molar-refractivity contribution < 1.29 is 9.13 Å². The number of benzene rings is 2. The van der Waals surface area contributed by atoms with Gasteiger partial charge in [0.15, 0.2) is 5.82 Å². The van der Waals surface area contributed by atoms with Gasteiger partial charge in [0.25, 0.3) is 5.56 Å². The number of halogens is 1. The fraction of sp³-hybridized carbons (Fsp3) is 0.407. The summed E-state index contributed by atoms with van der Waals surface area (Å²) in [4.78, 5) is 18.3. The Kier molecular flexibility index (Phi) is 7.09. The first kappa shape index (κ1) is 24.1. The van der Waals surface area contributed by atoms with Gasteiger partial charge in [-0.1, -0.05) is 31.9 Å². The largest absolute Gasteiger partial charge is 0.497 e. The highest BCUT2D eigenvalue weighted by atomic mass is 19.1. The average molecular weight is 491 g/mol. The van der Waals surface area contributed by atoms with Gasteiger partial charge in [0.1, 0.15) is 11.6 Å². The predicted molar refractivity (Wildman–Crippen MR) is 135 cm³/mol. The van der Waals surface area contributed by atoms with E-state index in [4.69, 9.17) is 4.74 Å². The maximum Gasteiger partial charge on any atom is 0.252 e. The molecule has 1 fully saturated rings. The predicted octanol–water partition coefficient (Wildman–Crippen LogP) is 4.93. The number of ether oxygens (including phenoxy) is 1. The molecule has 1 aliphatic rings. The number of hydrogen-bond acceptors (Lipinski definition) is 6. The molecule has 2 aromatic heterocycles. The van der Waals surface area contributed by atoms with Crippen molar-refractivity contribution in [2.24, 2.45) is 0 Å². The third-order valence-corrected chi connectivity index (χ3v) is 7.12. The van der Waals surface area contributed by atoms with Crippen LogP contribution >= 0.6 is 0 Å². The summed E-state index contributed by atoms with van der Waals surface area (Å²) in [5.74, 6) is 1.23. The molecule has 8 nitrogen and oxygen atoms in total. The van der Waals surface area contributed by atoms with Crippen molar-refractivity contribution in [2.75, 3.05) is 7.11 Å². The third-order valence-electron chi connectivity index (χ3n) is 7.12. The highest BCUT2D eigenvalue weighted by molar-refractivity contribution is 5.80. The molecule has 0 amide bonds. The van der Waals surface area contributed by atoms with Crippen LogP contribution in [0.15, 0.2) is 53.3 Å². The second-order valence-electron chi connectivity index (χ2n) is 9.45. The quantitative estimate of drug-likeness (QED) is 0.358. The number of fused-ring (bicyclic) bond motifs is 1. The molecule has 1 saturated carbocycles. The van der Waals surface area contributed by atoms with Crippen molar-refractivity contribution in [3.05, 3.63) is 81.7 Å². The van der Waals surface area contributed by atoms with E-state index in [2.05, 4.69) is 32.3 Å². The molecule has 9 heteroatoms. The molecule has 4 aromatic rings. The minimum Gasteiger partial charge on any atom is -0.497 e. The molecule has 1 aliphatic carbocycles. The lowest BCUT2D eigenvalue weighted by Gasteiger charge is -2.31. The van der Waals surface area contributed by atoms with Gasteiger partial charge in [0, 0.05) is 24.7 Å². The summed E-state index contributed by atoms with van der Waals surface area (Å²) in [7, 11) is 1.60. The first-order chi connectivity index (χ1) is 17.6. The number of tetrazole rings is 1. The lowest BCUT2D eigenvalue weighted by molar-refractivity contribution is 0.158. The van der Waals surface area contributed by atoms with Crippen LogP contribution < -0.4 is 10.3 Å². The Morgan fingerprint density at radius 1 is 1.14 bits per heavy atom. The van der Waals surface area contributed by atoms with Crippen LogP contribution in [0.2, 0.25) is 0 Å². The van der Waals surface area contributed by atoms with Crippen molar-refractivity contribution in [1.29, 1.82) is 0 Å². The highest BCUT2D eigenvalue weighted by Gasteiger charge is 2.29. The molecule has 1 atom stereocenters. The van der Waals surface area contributed by atoms with Crippen molar-refractivity contribution in [3.8, 4) is 5.75 Å². The zero-order valence-electron chi connectivity index (χ0n) is 20.7. The smallest absolute Gasteiger partial charge is 0.252 e. The van der Waals surface area contributed by atoms with E-state index in [9.17, 15) is 9.18 Å². The molecular weight excluding hydrogens is 459 g/mol. The van der Waals surface area contributed by atoms with Gasteiger partial charge in [-0.05, 0) is 71.0 Å². The van der Waals surface area contributed by atoms with Gasteiger partial charge in [0.2, 0.25) is 0 Å². The fourth-order valence-electron chi connectivity index (χ4n) is 5.22. The Morgan fingerprint density at radius 3 is 2.64 bits per heavy atom. The van der Waals surface area contributed by atoms with Crippen LogP contribution in [0.5, 0.6) is 5.75 Å². The number of nitrogens with one attached hydrogen (secondary N) is 1. The second-order valence-corrected chi connectivity index (χ2v) is 9.45. The number of pyridine rings is 1. The normalized spacial score (nSPS) is 15.1. The van der Waals surface area contributed by atoms with Gasteiger partial charge in [-0.2, -0.15) is 0 Å². The van der Waals surface area contributed by atoms with Crippen LogP contribution in [0.1, 0.15) is 68.1 Å². The molecule has 0 saturated heterocycles. The zero-order chi connectivity index (χ0) is 25.1. The molecule has 0 bridgehead atoms. The molecule has 0 aliphatic heterocycles. The Morgan fingerprint density at radius 2 is 1.92 bits per heavy atom. The highest BCUT2D eigenvalue weighted by Crippen LogP contribution is 2.33. The summed E-state index contributed by atoms with van der Waals surface area (Å²) in [6.07, 6.45) is 5.26. The topological polar surface area (TPSA) is 88.9 Å². The van der Waals surface area contributed by atoms with E-state index < -0.39 is 0 Å². The first-order valence-electron chi connectivity index (χ1n) is 12.5. The summed E-state index contributed by atoms with van der Waals surface area (Å²) in [5.41, 5.74) is 2.18. The van der Waals surface area contributed by atoms with Crippen LogP contribution in [0.25, 0.3) is 10.9 Å². The van der Waals surface area contributed by atoms with E-state index in [1.54, 1.807) is 19.2 Å². The monoisotopic (exact) mass is 490 g/mol.